The van der Waals surface area contributed by atoms with Gasteiger partial charge in [0, 0.05) is 28.5 Å². The molecule has 2 aromatic rings. The van der Waals surface area contributed by atoms with E-state index in [0.717, 1.165) is 5.56 Å². The maximum atomic E-state index is 12.7. The Balaban J connectivity index is 1.93. The zero-order valence-electron chi connectivity index (χ0n) is 11.5. The quantitative estimate of drug-likeness (QED) is 0.911. The van der Waals surface area contributed by atoms with E-state index in [0.29, 0.717) is 10.0 Å². The van der Waals surface area contributed by atoms with Gasteiger partial charge in [0.1, 0.15) is 0 Å². The number of sulfone groups is 1. The molecule has 0 saturated heterocycles. The van der Waals surface area contributed by atoms with E-state index in [-0.39, 0.29) is 23.3 Å². The lowest BCUT2D eigenvalue weighted by Gasteiger charge is -2.04. The molecule has 2 aromatic carbocycles. The molecule has 0 bridgehead atoms. The van der Waals surface area contributed by atoms with Crippen molar-refractivity contribution >= 4 is 33.0 Å². The van der Waals surface area contributed by atoms with Crippen LogP contribution in [0.4, 0.5) is 0 Å². The lowest BCUT2D eigenvalue weighted by atomic mass is 10.1. The van der Waals surface area contributed by atoms with Crippen molar-refractivity contribution < 1.29 is 13.5 Å². The fraction of sp³-hybridized carbons (Fsp3) is 0.250. The van der Waals surface area contributed by atoms with Crippen LogP contribution in [0, 0.1) is 5.92 Å². The zero-order chi connectivity index (χ0) is 15.9. The average molecular weight is 357 g/mol. The van der Waals surface area contributed by atoms with E-state index in [1.165, 1.54) is 12.1 Å². The standard InChI is InChI=1S/C16H14Cl2O3S/c17-11-3-1-10(2-4-11)15-14(9-19)16(15)22(20,21)13-7-5-12(18)6-8-13/h1-8,14-16,19H,9H2. The van der Waals surface area contributed by atoms with Gasteiger partial charge in [0.05, 0.1) is 10.1 Å². The molecule has 1 aliphatic carbocycles. The lowest BCUT2D eigenvalue weighted by Crippen LogP contribution is -2.11. The van der Waals surface area contributed by atoms with Crippen LogP contribution in [-0.4, -0.2) is 25.4 Å². The molecule has 0 aliphatic heterocycles. The van der Waals surface area contributed by atoms with E-state index in [1.807, 2.05) is 12.1 Å². The molecule has 1 saturated carbocycles. The number of hydrogen-bond donors (Lipinski definition) is 1. The third-order valence-corrected chi connectivity index (χ3v) is 6.86. The summed E-state index contributed by atoms with van der Waals surface area (Å²) in [6, 6.07) is 13.2. The van der Waals surface area contributed by atoms with Gasteiger partial charge in [-0.05, 0) is 42.0 Å². The van der Waals surface area contributed by atoms with Crippen LogP contribution in [0.15, 0.2) is 53.4 Å². The Morgan fingerprint density at radius 1 is 0.909 bits per heavy atom. The maximum Gasteiger partial charge on any atom is 0.182 e. The number of aliphatic hydroxyl groups excluding tert-OH is 1. The molecule has 0 spiro atoms. The highest BCUT2D eigenvalue weighted by atomic mass is 35.5. The van der Waals surface area contributed by atoms with Crippen molar-refractivity contribution in [3.8, 4) is 0 Å². The van der Waals surface area contributed by atoms with E-state index in [1.54, 1.807) is 24.3 Å². The minimum atomic E-state index is -3.50. The smallest absolute Gasteiger partial charge is 0.182 e. The molecule has 1 N–H and O–H groups in total. The molecule has 6 heteroatoms. The van der Waals surface area contributed by atoms with Crippen molar-refractivity contribution in [3.05, 3.63) is 64.1 Å². The summed E-state index contributed by atoms with van der Waals surface area (Å²) < 4.78 is 25.5. The highest BCUT2D eigenvalue weighted by Gasteiger charge is 2.58. The molecular formula is C16H14Cl2O3S. The molecule has 0 amide bonds. The summed E-state index contributed by atoms with van der Waals surface area (Å²) in [4.78, 5) is 0.233. The zero-order valence-corrected chi connectivity index (χ0v) is 13.8. The van der Waals surface area contributed by atoms with Crippen molar-refractivity contribution in [3.63, 3.8) is 0 Å². The number of hydrogen-bond acceptors (Lipinski definition) is 3. The Morgan fingerprint density at radius 2 is 1.41 bits per heavy atom. The van der Waals surface area contributed by atoms with Crippen molar-refractivity contribution in [1.29, 1.82) is 0 Å². The summed E-state index contributed by atoms with van der Waals surface area (Å²) in [5.74, 6) is -0.496. The lowest BCUT2D eigenvalue weighted by molar-refractivity contribution is 0.274. The van der Waals surface area contributed by atoms with Crippen LogP contribution in [-0.2, 0) is 9.84 Å². The molecule has 0 radical (unpaired) electrons. The Kier molecular flexibility index (Phi) is 4.21. The summed E-state index contributed by atoms with van der Waals surface area (Å²) in [6.07, 6.45) is 0. The molecule has 22 heavy (non-hydrogen) atoms. The minimum Gasteiger partial charge on any atom is -0.396 e. The maximum absolute atomic E-state index is 12.7. The van der Waals surface area contributed by atoms with E-state index in [2.05, 4.69) is 0 Å². The van der Waals surface area contributed by atoms with Crippen LogP contribution in [0.1, 0.15) is 11.5 Å². The number of halogens is 2. The first kappa shape index (κ1) is 15.8. The van der Waals surface area contributed by atoms with Gasteiger partial charge in [-0.15, -0.1) is 0 Å². The predicted octanol–water partition coefficient (Wildman–Crippen LogP) is 3.54. The van der Waals surface area contributed by atoms with Crippen LogP contribution >= 0.6 is 23.2 Å². The first-order valence-corrected chi connectivity index (χ1v) is 9.11. The van der Waals surface area contributed by atoms with Crippen LogP contribution in [0.3, 0.4) is 0 Å². The van der Waals surface area contributed by atoms with Gasteiger partial charge >= 0.3 is 0 Å². The van der Waals surface area contributed by atoms with E-state index in [4.69, 9.17) is 23.2 Å². The summed E-state index contributed by atoms with van der Waals surface area (Å²) in [5, 5.41) is 9.98. The molecule has 0 aromatic heterocycles. The molecule has 1 fully saturated rings. The van der Waals surface area contributed by atoms with Crippen molar-refractivity contribution in [2.75, 3.05) is 6.61 Å². The van der Waals surface area contributed by atoms with E-state index in [9.17, 15) is 13.5 Å². The Morgan fingerprint density at radius 3 is 1.91 bits per heavy atom. The van der Waals surface area contributed by atoms with Crippen LogP contribution in [0.5, 0.6) is 0 Å². The van der Waals surface area contributed by atoms with Crippen LogP contribution in [0.2, 0.25) is 10.0 Å². The molecule has 3 atom stereocenters. The second-order valence-corrected chi connectivity index (χ2v) is 8.37. The summed E-state index contributed by atoms with van der Waals surface area (Å²) in [7, 11) is -3.50. The van der Waals surface area contributed by atoms with Gasteiger partial charge in [-0.3, -0.25) is 0 Å². The molecule has 3 unspecified atom stereocenters. The minimum absolute atomic E-state index is 0.162. The largest absolute Gasteiger partial charge is 0.396 e. The predicted molar refractivity (Wildman–Crippen MR) is 87.2 cm³/mol. The fourth-order valence-electron chi connectivity index (χ4n) is 2.89. The second kappa shape index (κ2) is 5.85. The molecule has 0 heterocycles. The van der Waals surface area contributed by atoms with Crippen molar-refractivity contribution in [2.45, 2.75) is 16.1 Å². The third kappa shape index (κ3) is 2.76. The highest BCUT2D eigenvalue weighted by Crippen LogP contribution is 2.53. The van der Waals surface area contributed by atoms with Crippen LogP contribution in [0.25, 0.3) is 0 Å². The molecule has 3 rings (SSSR count). The monoisotopic (exact) mass is 356 g/mol. The summed E-state index contributed by atoms with van der Waals surface area (Å²) >= 11 is 11.7. The van der Waals surface area contributed by atoms with Crippen molar-refractivity contribution in [1.82, 2.24) is 0 Å². The molecule has 1 aliphatic rings. The first-order valence-electron chi connectivity index (χ1n) is 6.81. The Hall–Kier alpha value is -1.07. The van der Waals surface area contributed by atoms with Gasteiger partial charge in [-0.1, -0.05) is 35.3 Å². The second-order valence-electron chi connectivity index (χ2n) is 5.39. The summed E-state index contributed by atoms with van der Waals surface area (Å²) in [5.41, 5.74) is 0.881. The first-order chi connectivity index (χ1) is 10.4. The molecule has 116 valence electrons. The topological polar surface area (TPSA) is 54.4 Å². The summed E-state index contributed by atoms with van der Waals surface area (Å²) in [6.45, 7) is -0.162. The van der Waals surface area contributed by atoms with E-state index >= 15 is 0 Å². The van der Waals surface area contributed by atoms with Gasteiger partial charge in [-0.25, -0.2) is 8.42 Å². The van der Waals surface area contributed by atoms with Gasteiger partial charge in [-0.2, -0.15) is 0 Å². The molecular weight excluding hydrogens is 343 g/mol. The molecule has 3 nitrogen and oxygen atoms in total. The van der Waals surface area contributed by atoms with E-state index < -0.39 is 15.1 Å². The highest BCUT2D eigenvalue weighted by molar-refractivity contribution is 7.92. The van der Waals surface area contributed by atoms with Crippen molar-refractivity contribution in [2.24, 2.45) is 5.92 Å². The Labute approximate surface area is 139 Å². The Bertz CT molecular complexity index is 770. The van der Waals surface area contributed by atoms with Gasteiger partial charge in [0.15, 0.2) is 9.84 Å². The van der Waals surface area contributed by atoms with Gasteiger partial charge in [0.25, 0.3) is 0 Å². The normalized spacial score (nSPS) is 24.2. The third-order valence-electron chi connectivity index (χ3n) is 4.06. The van der Waals surface area contributed by atoms with Crippen LogP contribution < -0.4 is 0 Å². The van der Waals surface area contributed by atoms with Gasteiger partial charge in [0.2, 0.25) is 0 Å². The van der Waals surface area contributed by atoms with Gasteiger partial charge < -0.3 is 5.11 Å². The number of aliphatic hydroxyl groups is 1. The number of rotatable bonds is 4. The fourth-order valence-corrected chi connectivity index (χ4v) is 5.34. The number of benzene rings is 2. The SMILES string of the molecule is O=S(=O)(c1ccc(Cl)cc1)C1C(CO)C1c1ccc(Cl)cc1. The average Bonchev–Trinajstić information content (AvgIpc) is 3.24.